The highest BCUT2D eigenvalue weighted by atomic mass is 16.4. The van der Waals surface area contributed by atoms with Gasteiger partial charge >= 0.3 is 12.0 Å². The van der Waals surface area contributed by atoms with Gasteiger partial charge in [-0.05, 0) is 19.3 Å². The minimum absolute atomic E-state index is 0.0878. The number of aliphatic hydroxyl groups is 1. The second-order valence-corrected chi connectivity index (χ2v) is 3.49. The number of nitrogen functional groups attached to an aromatic ring is 1. The smallest absolute Gasteiger partial charge is 0.319 e. The molecule has 0 amide bonds. The number of rotatable bonds is 1. The molecule has 0 aromatic carbocycles. The van der Waals surface area contributed by atoms with Crippen molar-refractivity contribution >= 4 is 12.0 Å². The molecular formula is C8H14N4O2. The minimum atomic E-state index is -0.208. The van der Waals surface area contributed by atoms with Gasteiger partial charge in [0.2, 0.25) is 0 Å². The molecule has 0 spiro atoms. The first-order valence-corrected chi connectivity index (χ1v) is 4.77. The van der Waals surface area contributed by atoms with Crippen LogP contribution in [0.4, 0.5) is 12.0 Å². The summed E-state index contributed by atoms with van der Waals surface area (Å²) in [6.07, 6.45) is 2.30. The Kier molecular flexibility index (Phi) is 2.53. The molecule has 78 valence electrons. The van der Waals surface area contributed by atoms with E-state index in [-0.39, 0.29) is 12.1 Å². The Balaban J connectivity index is 2.04. The zero-order valence-electron chi connectivity index (χ0n) is 7.89. The van der Waals surface area contributed by atoms with Gasteiger partial charge < -0.3 is 20.2 Å². The molecule has 1 aromatic rings. The Morgan fingerprint density at radius 1 is 1.36 bits per heavy atom. The standard InChI is InChI=1S/C8H14N4O2/c9-7-10-11-8(14-7)12-4-1-2-6(13)3-5-12/h6,13H,1-5H2,(H2,9,10). The Morgan fingerprint density at radius 2 is 2.21 bits per heavy atom. The highest BCUT2D eigenvalue weighted by Crippen LogP contribution is 2.18. The topological polar surface area (TPSA) is 88.4 Å². The maximum Gasteiger partial charge on any atom is 0.319 e. The fourth-order valence-corrected chi connectivity index (χ4v) is 1.62. The van der Waals surface area contributed by atoms with Gasteiger partial charge in [-0.15, -0.1) is 0 Å². The van der Waals surface area contributed by atoms with E-state index in [1.165, 1.54) is 0 Å². The third-order valence-corrected chi connectivity index (χ3v) is 2.40. The molecule has 1 saturated heterocycles. The van der Waals surface area contributed by atoms with Crippen LogP contribution in [0.5, 0.6) is 0 Å². The molecule has 1 aliphatic heterocycles. The van der Waals surface area contributed by atoms with Crippen molar-refractivity contribution in [3.63, 3.8) is 0 Å². The molecule has 2 heterocycles. The molecule has 2 rings (SSSR count). The Bertz CT molecular complexity index is 301. The third-order valence-electron chi connectivity index (χ3n) is 2.40. The number of aliphatic hydroxyl groups excluding tert-OH is 1. The summed E-state index contributed by atoms with van der Waals surface area (Å²) < 4.78 is 5.11. The second-order valence-electron chi connectivity index (χ2n) is 3.49. The number of nitrogens with zero attached hydrogens (tertiary/aromatic N) is 3. The second kappa shape index (κ2) is 3.83. The number of nitrogens with two attached hydrogens (primary N) is 1. The molecule has 1 unspecified atom stereocenters. The van der Waals surface area contributed by atoms with Crippen molar-refractivity contribution in [2.75, 3.05) is 23.7 Å². The molecule has 0 aliphatic carbocycles. The zero-order chi connectivity index (χ0) is 9.97. The minimum Gasteiger partial charge on any atom is -0.393 e. The SMILES string of the molecule is Nc1nnc(N2CCCC(O)CC2)o1. The van der Waals surface area contributed by atoms with Crippen molar-refractivity contribution in [2.45, 2.75) is 25.4 Å². The van der Waals surface area contributed by atoms with E-state index in [2.05, 4.69) is 10.2 Å². The highest BCUT2D eigenvalue weighted by Gasteiger charge is 2.18. The molecule has 0 saturated carbocycles. The summed E-state index contributed by atoms with van der Waals surface area (Å²) in [5, 5.41) is 16.8. The van der Waals surface area contributed by atoms with E-state index < -0.39 is 0 Å². The van der Waals surface area contributed by atoms with Gasteiger partial charge in [0.1, 0.15) is 0 Å². The highest BCUT2D eigenvalue weighted by molar-refractivity contribution is 5.27. The lowest BCUT2D eigenvalue weighted by molar-refractivity contribution is 0.161. The van der Waals surface area contributed by atoms with E-state index in [0.717, 1.165) is 32.4 Å². The van der Waals surface area contributed by atoms with Crippen LogP contribution in [0.3, 0.4) is 0 Å². The van der Waals surface area contributed by atoms with E-state index in [0.29, 0.717) is 6.01 Å². The lowest BCUT2D eigenvalue weighted by Crippen LogP contribution is -2.24. The van der Waals surface area contributed by atoms with Crippen molar-refractivity contribution in [2.24, 2.45) is 0 Å². The summed E-state index contributed by atoms with van der Waals surface area (Å²) in [4.78, 5) is 1.96. The van der Waals surface area contributed by atoms with Crippen LogP contribution in [-0.4, -0.2) is 34.5 Å². The summed E-state index contributed by atoms with van der Waals surface area (Å²) in [6, 6.07) is 0.543. The number of hydrogen-bond acceptors (Lipinski definition) is 6. The van der Waals surface area contributed by atoms with Crippen LogP contribution < -0.4 is 10.6 Å². The molecule has 6 nitrogen and oxygen atoms in total. The van der Waals surface area contributed by atoms with E-state index in [9.17, 15) is 5.11 Å². The van der Waals surface area contributed by atoms with Crippen LogP contribution in [0.2, 0.25) is 0 Å². The Labute approximate surface area is 81.7 Å². The molecule has 1 atom stereocenters. The maximum atomic E-state index is 9.44. The first-order chi connectivity index (χ1) is 6.75. The Hall–Kier alpha value is -1.30. The summed E-state index contributed by atoms with van der Waals surface area (Å²) in [7, 11) is 0. The van der Waals surface area contributed by atoms with E-state index >= 15 is 0 Å². The summed E-state index contributed by atoms with van der Waals surface area (Å²) in [5.41, 5.74) is 5.34. The average molecular weight is 198 g/mol. The quantitative estimate of drug-likeness (QED) is 0.660. The molecular weight excluding hydrogens is 184 g/mol. The third kappa shape index (κ3) is 1.95. The fourth-order valence-electron chi connectivity index (χ4n) is 1.62. The largest absolute Gasteiger partial charge is 0.393 e. The van der Waals surface area contributed by atoms with Crippen LogP contribution in [-0.2, 0) is 0 Å². The fraction of sp³-hybridized carbons (Fsp3) is 0.750. The molecule has 3 N–H and O–H groups in total. The lowest BCUT2D eigenvalue weighted by Gasteiger charge is -2.16. The predicted octanol–water partition coefficient (Wildman–Crippen LogP) is 0.00300. The van der Waals surface area contributed by atoms with Crippen LogP contribution in [0.15, 0.2) is 4.42 Å². The van der Waals surface area contributed by atoms with Gasteiger partial charge in [0.25, 0.3) is 0 Å². The van der Waals surface area contributed by atoms with Crippen LogP contribution in [0, 0.1) is 0 Å². The van der Waals surface area contributed by atoms with E-state index in [4.69, 9.17) is 10.2 Å². The van der Waals surface area contributed by atoms with Crippen LogP contribution >= 0.6 is 0 Å². The molecule has 1 aliphatic rings. The first kappa shape index (κ1) is 9.26. The normalized spacial score (nSPS) is 23.5. The van der Waals surface area contributed by atoms with Crippen molar-refractivity contribution in [1.29, 1.82) is 0 Å². The first-order valence-electron chi connectivity index (χ1n) is 4.77. The molecule has 6 heteroatoms. The van der Waals surface area contributed by atoms with Gasteiger partial charge in [-0.25, -0.2) is 0 Å². The summed E-state index contributed by atoms with van der Waals surface area (Å²) >= 11 is 0. The molecule has 14 heavy (non-hydrogen) atoms. The zero-order valence-corrected chi connectivity index (χ0v) is 7.89. The lowest BCUT2D eigenvalue weighted by atomic mass is 10.2. The molecule has 0 bridgehead atoms. The van der Waals surface area contributed by atoms with Gasteiger partial charge in [0, 0.05) is 13.1 Å². The van der Waals surface area contributed by atoms with Crippen LogP contribution in [0.1, 0.15) is 19.3 Å². The average Bonchev–Trinajstić information content (AvgIpc) is 2.46. The molecule has 1 fully saturated rings. The van der Waals surface area contributed by atoms with Gasteiger partial charge in [-0.1, -0.05) is 10.2 Å². The van der Waals surface area contributed by atoms with Gasteiger partial charge in [0.15, 0.2) is 0 Å². The van der Waals surface area contributed by atoms with Gasteiger partial charge in [-0.3, -0.25) is 0 Å². The molecule has 0 radical (unpaired) electrons. The van der Waals surface area contributed by atoms with Crippen molar-refractivity contribution < 1.29 is 9.52 Å². The monoisotopic (exact) mass is 198 g/mol. The predicted molar refractivity (Wildman–Crippen MR) is 50.8 cm³/mol. The summed E-state index contributed by atoms with van der Waals surface area (Å²) in [6.45, 7) is 1.57. The Morgan fingerprint density at radius 3 is 2.93 bits per heavy atom. The van der Waals surface area contributed by atoms with E-state index in [1.807, 2.05) is 4.90 Å². The van der Waals surface area contributed by atoms with E-state index in [1.54, 1.807) is 0 Å². The summed E-state index contributed by atoms with van der Waals surface area (Å²) in [5.74, 6) is 0. The van der Waals surface area contributed by atoms with Crippen molar-refractivity contribution in [3.05, 3.63) is 0 Å². The van der Waals surface area contributed by atoms with Crippen molar-refractivity contribution in [3.8, 4) is 0 Å². The maximum absolute atomic E-state index is 9.44. The van der Waals surface area contributed by atoms with Gasteiger partial charge in [-0.2, -0.15) is 0 Å². The van der Waals surface area contributed by atoms with Crippen molar-refractivity contribution in [1.82, 2.24) is 10.2 Å². The van der Waals surface area contributed by atoms with Gasteiger partial charge in [0.05, 0.1) is 6.10 Å². The number of hydrogen-bond donors (Lipinski definition) is 2. The number of aromatic nitrogens is 2. The molecule has 1 aromatic heterocycles. The van der Waals surface area contributed by atoms with Crippen LogP contribution in [0.25, 0.3) is 0 Å². The number of anilines is 2.